The van der Waals surface area contributed by atoms with E-state index in [4.69, 9.17) is 5.21 Å². The van der Waals surface area contributed by atoms with Crippen LogP contribution in [0.2, 0.25) is 0 Å². The molecule has 0 bridgehead atoms. The van der Waals surface area contributed by atoms with Gasteiger partial charge in [-0.05, 0) is 6.42 Å². The van der Waals surface area contributed by atoms with Crippen LogP contribution in [0.5, 0.6) is 0 Å². The highest BCUT2D eigenvalue weighted by Gasteiger charge is 2.25. The molecular weight excluding hydrogens is 240 g/mol. The molecule has 0 aromatic carbocycles. The molecule has 1 amide bonds. The molecule has 1 N–H and O–H groups in total. The number of hydrogen-bond donors (Lipinski definition) is 1. The lowest BCUT2D eigenvalue weighted by atomic mass is 9.97. The Hall–Kier alpha value is -1.06. The number of unbranched alkanes of at least 4 members (excludes halogenated alkanes) is 5. The fourth-order valence-electron chi connectivity index (χ4n) is 2.61. The molecule has 0 aromatic heterocycles. The number of hydrogen-bond acceptors (Lipinski definition) is 3. The predicted molar refractivity (Wildman–Crippen MR) is 77.6 cm³/mol. The summed E-state index contributed by atoms with van der Waals surface area (Å²) in [5.74, 6) is 0.451. The number of piperidine rings is 1. The van der Waals surface area contributed by atoms with Gasteiger partial charge in [-0.3, -0.25) is 4.79 Å². The number of nitrogens with zero attached hydrogens (tertiary/aromatic N) is 2. The molecule has 1 saturated heterocycles. The minimum absolute atomic E-state index is 0.187. The first-order chi connectivity index (χ1) is 9.19. The maximum atomic E-state index is 12.1. The van der Waals surface area contributed by atoms with Crippen LogP contribution in [-0.4, -0.2) is 34.8 Å². The number of rotatable bonds is 7. The van der Waals surface area contributed by atoms with E-state index in [1.54, 1.807) is 0 Å². The third-order valence-electron chi connectivity index (χ3n) is 3.93. The van der Waals surface area contributed by atoms with Gasteiger partial charge in [0.05, 0.1) is 5.71 Å². The topological polar surface area (TPSA) is 52.9 Å². The third kappa shape index (κ3) is 5.62. The van der Waals surface area contributed by atoms with Crippen LogP contribution in [0, 0.1) is 5.92 Å². The molecule has 1 unspecified atom stereocenters. The zero-order valence-electron chi connectivity index (χ0n) is 12.4. The average Bonchev–Trinajstić information content (AvgIpc) is 2.42. The average molecular weight is 268 g/mol. The van der Waals surface area contributed by atoms with Crippen molar-refractivity contribution in [3.63, 3.8) is 0 Å². The minimum atomic E-state index is 0.187. The second-order valence-electron chi connectivity index (χ2n) is 5.60. The number of oxime groups is 1. The number of amides is 1. The largest absolute Gasteiger partial charge is 0.411 e. The van der Waals surface area contributed by atoms with E-state index < -0.39 is 0 Å². The van der Waals surface area contributed by atoms with Crippen molar-refractivity contribution in [3.05, 3.63) is 0 Å². The Bertz CT molecular complexity index is 303. The van der Waals surface area contributed by atoms with Crippen molar-refractivity contribution in [2.75, 3.05) is 13.1 Å². The van der Waals surface area contributed by atoms with Gasteiger partial charge in [0.25, 0.3) is 0 Å². The molecule has 1 heterocycles. The van der Waals surface area contributed by atoms with Crippen LogP contribution in [0.1, 0.15) is 65.2 Å². The van der Waals surface area contributed by atoms with E-state index in [1.807, 2.05) is 11.8 Å². The number of carbonyl (C=O) groups is 1. The number of likely N-dealkylation sites (tertiary alicyclic amines) is 1. The van der Waals surface area contributed by atoms with Gasteiger partial charge in [0.15, 0.2) is 0 Å². The summed E-state index contributed by atoms with van der Waals surface area (Å²) >= 11 is 0. The lowest BCUT2D eigenvalue weighted by Gasteiger charge is -2.31. The Morgan fingerprint density at radius 1 is 1.32 bits per heavy atom. The second kappa shape index (κ2) is 8.94. The van der Waals surface area contributed by atoms with Crippen LogP contribution >= 0.6 is 0 Å². The fraction of sp³-hybridized carbons (Fsp3) is 0.867. The SMILES string of the molecule is CCCCCCCCC(=O)N1CCC(=NO)C(C)C1. The van der Waals surface area contributed by atoms with E-state index in [2.05, 4.69) is 12.1 Å². The monoisotopic (exact) mass is 268 g/mol. The van der Waals surface area contributed by atoms with Gasteiger partial charge < -0.3 is 10.1 Å². The van der Waals surface area contributed by atoms with Crippen LogP contribution in [0.25, 0.3) is 0 Å². The van der Waals surface area contributed by atoms with Crippen molar-refractivity contribution >= 4 is 11.6 Å². The Kier molecular flexibility index (Phi) is 7.53. The fourth-order valence-corrected chi connectivity index (χ4v) is 2.61. The molecule has 0 aliphatic carbocycles. The van der Waals surface area contributed by atoms with Gasteiger partial charge >= 0.3 is 0 Å². The van der Waals surface area contributed by atoms with Gasteiger partial charge in [-0.15, -0.1) is 0 Å². The van der Waals surface area contributed by atoms with Crippen molar-refractivity contribution in [2.24, 2.45) is 11.1 Å². The van der Waals surface area contributed by atoms with Crippen LogP contribution in [-0.2, 0) is 4.79 Å². The summed E-state index contributed by atoms with van der Waals surface area (Å²) in [4.78, 5) is 14.0. The molecule has 1 aliphatic rings. The molecule has 19 heavy (non-hydrogen) atoms. The van der Waals surface area contributed by atoms with E-state index in [9.17, 15) is 4.79 Å². The molecular formula is C15H28N2O2. The van der Waals surface area contributed by atoms with E-state index in [0.29, 0.717) is 25.9 Å². The zero-order valence-corrected chi connectivity index (χ0v) is 12.4. The summed E-state index contributed by atoms with van der Waals surface area (Å²) in [6, 6.07) is 0. The van der Waals surface area contributed by atoms with Gasteiger partial charge in [-0.2, -0.15) is 0 Å². The molecule has 1 rings (SSSR count). The summed E-state index contributed by atoms with van der Waals surface area (Å²) in [5.41, 5.74) is 0.823. The first-order valence-electron chi connectivity index (χ1n) is 7.67. The second-order valence-corrected chi connectivity index (χ2v) is 5.60. The Morgan fingerprint density at radius 3 is 2.63 bits per heavy atom. The zero-order chi connectivity index (χ0) is 14.1. The highest BCUT2D eigenvalue weighted by molar-refractivity contribution is 5.89. The molecule has 0 aromatic rings. The molecule has 1 atom stereocenters. The first-order valence-corrected chi connectivity index (χ1v) is 7.67. The third-order valence-corrected chi connectivity index (χ3v) is 3.93. The van der Waals surface area contributed by atoms with E-state index in [-0.39, 0.29) is 11.8 Å². The smallest absolute Gasteiger partial charge is 0.222 e. The van der Waals surface area contributed by atoms with Crippen molar-refractivity contribution in [1.82, 2.24) is 4.90 Å². The maximum Gasteiger partial charge on any atom is 0.222 e. The van der Waals surface area contributed by atoms with E-state index in [0.717, 1.165) is 12.1 Å². The molecule has 0 saturated carbocycles. The summed E-state index contributed by atoms with van der Waals surface area (Å²) in [6.07, 6.45) is 8.66. The van der Waals surface area contributed by atoms with Crippen molar-refractivity contribution < 1.29 is 10.0 Å². The maximum absolute atomic E-state index is 12.1. The van der Waals surface area contributed by atoms with Gasteiger partial charge in [0, 0.05) is 31.8 Å². The first kappa shape index (κ1) is 16.0. The van der Waals surface area contributed by atoms with Gasteiger partial charge in [0.2, 0.25) is 5.91 Å². The Labute approximate surface area is 116 Å². The predicted octanol–water partition coefficient (Wildman–Crippen LogP) is 3.44. The normalized spacial score (nSPS) is 21.9. The van der Waals surface area contributed by atoms with Crippen molar-refractivity contribution in [2.45, 2.75) is 65.2 Å². The number of carbonyl (C=O) groups excluding carboxylic acids is 1. The van der Waals surface area contributed by atoms with Gasteiger partial charge in [-0.25, -0.2) is 0 Å². The molecule has 110 valence electrons. The Balaban J connectivity index is 2.16. The summed E-state index contributed by atoms with van der Waals surface area (Å²) < 4.78 is 0. The van der Waals surface area contributed by atoms with Crippen LogP contribution in [0.15, 0.2) is 5.16 Å². The van der Waals surface area contributed by atoms with Gasteiger partial charge in [0.1, 0.15) is 0 Å². The molecule has 0 radical (unpaired) electrons. The quantitative estimate of drug-likeness (QED) is 0.437. The van der Waals surface area contributed by atoms with Gasteiger partial charge in [-0.1, -0.05) is 51.1 Å². The summed E-state index contributed by atoms with van der Waals surface area (Å²) in [5, 5.41) is 12.1. The highest BCUT2D eigenvalue weighted by Crippen LogP contribution is 2.16. The highest BCUT2D eigenvalue weighted by atomic mass is 16.4. The minimum Gasteiger partial charge on any atom is -0.411 e. The molecule has 4 heteroatoms. The lowest BCUT2D eigenvalue weighted by molar-refractivity contribution is -0.131. The van der Waals surface area contributed by atoms with Crippen molar-refractivity contribution in [3.8, 4) is 0 Å². The van der Waals surface area contributed by atoms with E-state index >= 15 is 0 Å². The van der Waals surface area contributed by atoms with Crippen LogP contribution in [0.3, 0.4) is 0 Å². The summed E-state index contributed by atoms with van der Waals surface area (Å²) in [7, 11) is 0. The molecule has 1 aliphatic heterocycles. The van der Waals surface area contributed by atoms with E-state index in [1.165, 1.54) is 32.1 Å². The van der Waals surface area contributed by atoms with Crippen LogP contribution in [0.4, 0.5) is 0 Å². The molecule has 4 nitrogen and oxygen atoms in total. The lowest BCUT2D eigenvalue weighted by Crippen LogP contribution is -2.43. The summed E-state index contributed by atoms with van der Waals surface area (Å²) in [6.45, 7) is 5.64. The van der Waals surface area contributed by atoms with Crippen molar-refractivity contribution in [1.29, 1.82) is 0 Å². The molecule has 0 spiro atoms. The van der Waals surface area contributed by atoms with Crippen LogP contribution < -0.4 is 0 Å². The Morgan fingerprint density at radius 2 is 2.00 bits per heavy atom. The standard InChI is InChI=1S/C15H28N2O2/c1-3-4-5-6-7-8-9-15(18)17-11-10-14(16-19)13(2)12-17/h13,19H,3-12H2,1-2H3. The molecule has 1 fully saturated rings.